The van der Waals surface area contributed by atoms with Crippen molar-refractivity contribution in [3.8, 4) is 6.07 Å². The molecule has 3 aromatic rings. The number of halogens is 4. The van der Waals surface area contributed by atoms with E-state index in [2.05, 4.69) is 15.6 Å². The van der Waals surface area contributed by atoms with E-state index in [1.54, 1.807) is 24.3 Å². The van der Waals surface area contributed by atoms with E-state index in [9.17, 15) is 36.8 Å². The van der Waals surface area contributed by atoms with Gasteiger partial charge in [-0.2, -0.15) is 9.57 Å². The number of likely N-dealkylation sites (tertiary alicyclic amines) is 1. The number of anilines is 1. The number of pyridine rings is 1. The molecule has 1 unspecified atom stereocenters. The number of sulfonamides is 1. The van der Waals surface area contributed by atoms with Gasteiger partial charge in [0.2, 0.25) is 15.9 Å². The van der Waals surface area contributed by atoms with Crippen LogP contribution in [0.25, 0.3) is 0 Å². The third kappa shape index (κ3) is 9.85. The Morgan fingerprint density at radius 3 is 2.49 bits per heavy atom. The van der Waals surface area contributed by atoms with Crippen molar-refractivity contribution in [3.63, 3.8) is 0 Å². The summed E-state index contributed by atoms with van der Waals surface area (Å²) < 4.78 is 68.2. The van der Waals surface area contributed by atoms with E-state index in [1.807, 2.05) is 6.07 Å². The Morgan fingerprint density at radius 2 is 1.83 bits per heavy atom. The van der Waals surface area contributed by atoms with Crippen molar-refractivity contribution in [2.75, 3.05) is 45.3 Å². The number of nitriles is 1. The van der Waals surface area contributed by atoms with Crippen LogP contribution in [-0.2, 0) is 35.5 Å². The average Bonchev–Trinajstić information content (AvgIpc) is 3.59. The number of hydrogen-bond acceptors (Lipinski definition) is 10. The largest absolute Gasteiger partial charge is 0.462 e. The van der Waals surface area contributed by atoms with Crippen molar-refractivity contribution >= 4 is 56.7 Å². The fourth-order valence-corrected chi connectivity index (χ4v) is 8.51. The lowest BCUT2D eigenvalue weighted by atomic mass is 10.0. The summed E-state index contributed by atoms with van der Waals surface area (Å²) in [6.45, 7) is -0.612. The number of carbonyl (C=O) groups is 3. The molecule has 18 heteroatoms. The Bertz CT molecular complexity index is 1960. The number of methoxy groups -OCH3 is 1. The first kappa shape index (κ1) is 40.0. The molecule has 2 saturated heterocycles. The summed E-state index contributed by atoms with van der Waals surface area (Å²) >= 11 is 12.2. The van der Waals surface area contributed by atoms with E-state index < -0.39 is 58.4 Å². The normalized spacial score (nSPS) is 19.5. The first-order chi connectivity index (χ1) is 25.2. The van der Waals surface area contributed by atoms with Crippen LogP contribution in [0.5, 0.6) is 0 Å². The van der Waals surface area contributed by atoms with E-state index in [4.69, 9.17) is 32.7 Å². The average molecular weight is 794 g/mol. The van der Waals surface area contributed by atoms with Gasteiger partial charge in [-0.05, 0) is 55.3 Å². The second-order valence-electron chi connectivity index (χ2n) is 12.6. The third-order valence-electron chi connectivity index (χ3n) is 8.91. The van der Waals surface area contributed by atoms with E-state index >= 15 is 0 Å². The number of ether oxygens (including phenoxy) is 2. The van der Waals surface area contributed by atoms with Crippen LogP contribution in [0.2, 0.25) is 10.0 Å². The topological polar surface area (TPSA) is 171 Å². The van der Waals surface area contributed by atoms with Crippen LogP contribution in [0.4, 0.5) is 14.5 Å². The molecule has 2 aliphatic rings. The van der Waals surface area contributed by atoms with Crippen LogP contribution in [0.15, 0.2) is 65.8 Å². The molecule has 2 aliphatic heterocycles. The quantitative estimate of drug-likeness (QED) is 0.188. The second-order valence-corrected chi connectivity index (χ2v) is 15.3. The van der Waals surface area contributed by atoms with Gasteiger partial charge in [0.25, 0.3) is 11.8 Å². The minimum atomic E-state index is -4.42. The van der Waals surface area contributed by atoms with Gasteiger partial charge in [0.05, 0.1) is 45.3 Å². The summed E-state index contributed by atoms with van der Waals surface area (Å²) in [5.74, 6) is -5.21. The molecule has 3 atom stereocenters. The molecule has 13 nitrogen and oxygen atoms in total. The predicted octanol–water partition coefficient (Wildman–Crippen LogP) is 4.29. The maximum Gasteiger partial charge on any atom is 0.329 e. The van der Waals surface area contributed by atoms with Crippen molar-refractivity contribution < 1.29 is 41.1 Å². The summed E-state index contributed by atoms with van der Waals surface area (Å²) in [7, 11) is -3.00. The number of alkyl halides is 2. The number of hydrogen-bond donors (Lipinski definition) is 2. The molecule has 282 valence electrons. The third-order valence-corrected chi connectivity index (χ3v) is 11.4. The minimum absolute atomic E-state index is 0.0333. The van der Waals surface area contributed by atoms with Gasteiger partial charge < -0.3 is 20.1 Å². The minimum Gasteiger partial charge on any atom is -0.462 e. The maximum absolute atomic E-state index is 14.5. The van der Waals surface area contributed by atoms with Gasteiger partial charge in [-0.15, -0.1) is 0 Å². The molecule has 0 aliphatic carbocycles. The number of carbonyl (C=O) groups excluding carboxylic acids is 3. The van der Waals surface area contributed by atoms with Crippen molar-refractivity contribution in [1.82, 2.24) is 19.5 Å². The molecule has 0 spiro atoms. The molecule has 53 heavy (non-hydrogen) atoms. The van der Waals surface area contributed by atoms with Crippen molar-refractivity contribution in [2.24, 2.45) is 0 Å². The number of aromatic nitrogens is 1. The monoisotopic (exact) mass is 792 g/mol. The Balaban J connectivity index is 1.38. The Hall–Kier alpha value is -4.24. The molecular weight excluding hydrogens is 757 g/mol. The molecule has 1 aromatic heterocycles. The van der Waals surface area contributed by atoms with Gasteiger partial charge in [0.15, 0.2) is 0 Å². The molecule has 5 rings (SSSR count). The Kier molecular flexibility index (Phi) is 13.0. The number of rotatable bonds is 13. The lowest BCUT2D eigenvalue weighted by Gasteiger charge is -2.36. The molecule has 2 aromatic carbocycles. The number of benzene rings is 2. The van der Waals surface area contributed by atoms with Crippen LogP contribution < -0.4 is 10.6 Å². The van der Waals surface area contributed by atoms with Gasteiger partial charge in [-0.3, -0.25) is 19.5 Å². The lowest BCUT2D eigenvalue weighted by Crippen LogP contribution is -2.51. The first-order valence-electron chi connectivity index (χ1n) is 16.5. The molecule has 2 N–H and O–H groups in total. The maximum atomic E-state index is 14.5. The zero-order valence-corrected chi connectivity index (χ0v) is 30.8. The van der Waals surface area contributed by atoms with Gasteiger partial charge in [0.1, 0.15) is 18.7 Å². The van der Waals surface area contributed by atoms with Gasteiger partial charge in [-0.25, -0.2) is 22.0 Å². The van der Waals surface area contributed by atoms with Crippen molar-refractivity contribution in [2.45, 2.75) is 54.6 Å². The summed E-state index contributed by atoms with van der Waals surface area (Å²) in [6, 6.07) is 10.1. The van der Waals surface area contributed by atoms with E-state index in [0.717, 1.165) is 4.31 Å². The zero-order chi connectivity index (χ0) is 38.3. The lowest BCUT2D eigenvalue weighted by molar-refractivity contribution is -0.149. The van der Waals surface area contributed by atoms with Crippen molar-refractivity contribution in [1.29, 1.82) is 5.26 Å². The standard InChI is InChI=1S/C35H36Cl2F2N6O7S/c1-51-12-13-52-34(48)29(15-22-6-8-24(9-7-22)42-33(47)31-27(36)18-41-19-28(31)37)43-32(46)30-16-25(44-11-3-10-35(38,39)21-44)20-45(30)53(49,50)26-5-2-4-23(14-26)17-40/h2,4-9,14,18-19,25,29-30H,3,10-13,15-16,20-21H2,1H3,(H,42,47)(H,43,46)/t25-,29+,30?/m1/s1. The highest BCUT2D eigenvalue weighted by Gasteiger charge is 2.48. The predicted molar refractivity (Wildman–Crippen MR) is 190 cm³/mol. The van der Waals surface area contributed by atoms with Crippen LogP contribution in [0.1, 0.15) is 40.7 Å². The summed E-state index contributed by atoms with van der Waals surface area (Å²) in [6.07, 6.45) is 2.25. The van der Waals surface area contributed by atoms with Crippen molar-refractivity contribution in [3.05, 3.63) is 87.7 Å². The molecule has 0 saturated carbocycles. The molecule has 0 radical (unpaired) electrons. The highest BCUT2D eigenvalue weighted by Crippen LogP contribution is 2.34. The SMILES string of the molecule is COCCOC(=O)[C@H](Cc1ccc(NC(=O)c2c(Cl)cncc2Cl)cc1)NC(=O)C1C[C@@H](N2CCCC(F)(F)C2)CN1S(=O)(=O)c1cccc(C#N)c1. The summed E-state index contributed by atoms with van der Waals surface area (Å²) in [5, 5.41) is 14.8. The highest BCUT2D eigenvalue weighted by molar-refractivity contribution is 7.89. The molecule has 3 heterocycles. The zero-order valence-electron chi connectivity index (χ0n) is 28.4. The van der Waals surface area contributed by atoms with E-state index in [-0.39, 0.29) is 71.5 Å². The first-order valence-corrected chi connectivity index (χ1v) is 18.7. The van der Waals surface area contributed by atoms with Gasteiger partial charge >= 0.3 is 5.97 Å². The van der Waals surface area contributed by atoms with Crippen LogP contribution >= 0.6 is 23.2 Å². The van der Waals surface area contributed by atoms with Crippen LogP contribution in [0.3, 0.4) is 0 Å². The van der Waals surface area contributed by atoms with E-state index in [0.29, 0.717) is 17.8 Å². The number of nitrogens with zero attached hydrogens (tertiary/aromatic N) is 4. The Morgan fingerprint density at radius 1 is 1.11 bits per heavy atom. The fourth-order valence-electron chi connectivity index (χ4n) is 6.29. The van der Waals surface area contributed by atoms with Gasteiger partial charge in [0, 0.05) is 50.6 Å². The highest BCUT2D eigenvalue weighted by atomic mass is 35.5. The number of nitrogens with one attached hydrogen (secondary N) is 2. The Labute approximate surface area is 315 Å². The molecule has 0 bridgehead atoms. The summed E-state index contributed by atoms with van der Waals surface area (Å²) in [4.78, 5) is 45.3. The molecular formula is C35H36Cl2F2N6O7S. The summed E-state index contributed by atoms with van der Waals surface area (Å²) in [5.41, 5.74) is 1.01. The molecule has 2 amide bonds. The van der Waals surface area contributed by atoms with Gasteiger partial charge in [-0.1, -0.05) is 41.4 Å². The second kappa shape index (κ2) is 17.3. The fraction of sp³-hybridized carbons (Fsp3) is 0.400. The molecule has 2 fully saturated rings. The number of amides is 2. The van der Waals surface area contributed by atoms with Crippen LogP contribution in [0, 0.1) is 11.3 Å². The number of esters is 1. The van der Waals surface area contributed by atoms with E-state index in [1.165, 1.54) is 48.7 Å². The smallest absolute Gasteiger partial charge is 0.329 e. The van der Waals surface area contributed by atoms with Crippen LogP contribution in [-0.4, -0.2) is 104 Å². The number of piperidine rings is 1.